The largest absolute Gasteiger partial charge is 0.355 e. The lowest BCUT2D eigenvalue weighted by Gasteiger charge is -2.31. The standard InChI is InChI=1S/C19H32N4O2S/c1-19(2,23-26(4,24)25)14-21-18(20-3)22-17-12-10-16(11-13-17)15-8-6-5-7-9-15/h5-9,16-17,23H,10-14H2,1-4H3,(H2,20,21,22). The van der Waals surface area contributed by atoms with Crippen LogP contribution in [0.1, 0.15) is 51.0 Å². The molecule has 26 heavy (non-hydrogen) atoms. The lowest BCUT2D eigenvalue weighted by atomic mass is 9.82. The summed E-state index contributed by atoms with van der Waals surface area (Å²) in [6.45, 7) is 4.15. The third-order valence-electron chi connectivity index (χ3n) is 4.72. The molecule has 1 aromatic carbocycles. The number of benzene rings is 1. The van der Waals surface area contributed by atoms with Crippen LogP contribution in [-0.4, -0.2) is 45.8 Å². The number of aliphatic imine (C=N–C) groups is 1. The van der Waals surface area contributed by atoms with Crippen molar-refractivity contribution in [3.05, 3.63) is 35.9 Å². The van der Waals surface area contributed by atoms with Crippen LogP contribution in [-0.2, 0) is 10.0 Å². The highest BCUT2D eigenvalue weighted by atomic mass is 32.2. The monoisotopic (exact) mass is 380 g/mol. The molecule has 0 unspecified atom stereocenters. The molecule has 1 aromatic rings. The van der Waals surface area contributed by atoms with Gasteiger partial charge in [-0.1, -0.05) is 30.3 Å². The van der Waals surface area contributed by atoms with E-state index in [0.29, 0.717) is 18.5 Å². The maximum absolute atomic E-state index is 11.4. The summed E-state index contributed by atoms with van der Waals surface area (Å²) in [5.41, 5.74) is 0.845. The second-order valence-corrected chi connectivity index (χ2v) is 9.54. The second kappa shape index (κ2) is 8.86. The highest BCUT2D eigenvalue weighted by Gasteiger charge is 2.25. The zero-order chi connectivity index (χ0) is 19.2. The number of nitrogens with zero attached hydrogens (tertiary/aromatic N) is 1. The highest BCUT2D eigenvalue weighted by Crippen LogP contribution is 2.32. The van der Waals surface area contributed by atoms with E-state index in [2.05, 4.69) is 50.7 Å². The molecule has 1 fully saturated rings. The normalized spacial score (nSPS) is 22.1. The van der Waals surface area contributed by atoms with Crippen LogP contribution in [0.2, 0.25) is 0 Å². The van der Waals surface area contributed by atoms with Gasteiger partial charge in [0.15, 0.2) is 5.96 Å². The summed E-state index contributed by atoms with van der Waals surface area (Å²) >= 11 is 0. The first-order valence-corrected chi connectivity index (χ1v) is 11.1. The summed E-state index contributed by atoms with van der Waals surface area (Å²) in [5, 5.41) is 6.71. The predicted molar refractivity (Wildman–Crippen MR) is 108 cm³/mol. The Morgan fingerprint density at radius 3 is 2.31 bits per heavy atom. The quantitative estimate of drug-likeness (QED) is 0.522. The van der Waals surface area contributed by atoms with Crippen molar-refractivity contribution < 1.29 is 8.42 Å². The second-order valence-electron chi connectivity index (χ2n) is 7.79. The number of nitrogens with one attached hydrogen (secondary N) is 3. The number of hydrogen-bond acceptors (Lipinski definition) is 3. The summed E-state index contributed by atoms with van der Waals surface area (Å²) in [4.78, 5) is 4.28. The molecule has 0 atom stereocenters. The maximum Gasteiger partial charge on any atom is 0.209 e. The van der Waals surface area contributed by atoms with E-state index in [0.717, 1.165) is 18.8 Å². The highest BCUT2D eigenvalue weighted by molar-refractivity contribution is 7.88. The minimum Gasteiger partial charge on any atom is -0.355 e. The van der Waals surface area contributed by atoms with Gasteiger partial charge in [-0.3, -0.25) is 4.99 Å². The summed E-state index contributed by atoms with van der Waals surface area (Å²) in [5.74, 6) is 1.36. The van der Waals surface area contributed by atoms with E-state index in [9.17, 15) is 8.42 Å². The lowest BCUT2D eigenvalue weighted by molar-refractivity contribution is 0.369. The van der Waals surface area contributed by atoms with Crippen molar-refractivity contribution in [1.82, 2.24) is 15.4 Å². The van der Waals surface area contributed by atoms with Gasteiger partial charge in [0.1, 0.15) is 0 Å². The zero-order valence-corrected chi connectivity index (χ0v) is 17.1. The van der Waals surface area contributed by atoms with Crippen LogP contribution >= 0.6 is 0 Å². The van der Waals surface area contributed by atoms with Gasteiger partial charge in [-0.05, 0) is 51.0 Å². The fourth-order valence-corrected chi connectivity index (χ4v) is 4.60. The molecule has 2 rings (SSSR count). The Hall–Kier alpha value is -1.60. The van der Waals surface area contributed by atoms with Crippen LogP contribution in [0.15, 0.2) is 35.3 Å². The molecule has 0 radical (unpaired) electrons. The molecular weight excluding hydrogens is 348 g/mol. The van der Waals surface area contributed by atoms with Crippen molar-refractivity contribution in [2.24, 2.45) is 4.99 Å². The first-order chi connectivity index (χ1) is 12.2. The van der Waals surface area contributed by atoms with E-state index in [1.165, 1.54) is 24.7 Å². The maximum atomic E-state index is 11.4. The van der Waals surface area contributed by atoms with Gasteiger partial charge in [-0.15, -0.1) is 0 Å². The Bertz CT molecular complexity index is 694. The number of rotatable bonds is 6. The van der Waals surface area contributed by atoms with Gasteiger partial charge in [0, 0.05) is 25.2 Å². The Labute approximate surface area is 157 Å². The van der Waals surface area contributed by atoms with Crippen molar-refractivity contribution >= 4 is 16.0 Å². The van der Waals surface area contributed by atoms with Crippen molar-refractivity contribution in [2.45, 2.75) is 57.0 Å². The van der Waals surface area contributed by atoms with E-state index in [1.807, 2.05) is 13.8 Å². The summed E-state index contributed by atoms with van der Waals surface area (Å²) in [6, 6.07) is 11.1. The predicted octanol–water partition coefficient (Wildman–Crippen LogP) is 2.21. The average Bonchev–Trinajstić information content (AvgIpc) is 2.58. The molecule has 0 saturated heterocycles. The molecule has 1 saturated carbocycles. The van der Waals surface area contributed by atoms with Gasteiger partial charge in [-0.2, -0.15) is 0 Å². The number of sulfonamides is 1. The van der Waals surface area contributed by atoms with Crippen molar-refractivity contribution in [1.29, 1.82) is 0 Å². The third-order valence-corrected chi connectivity index (χ3v) is 5.65. The Balaban J connectivity index is 1.80. The van der Waals surface area contributed by atoms with Gasteiger partial charge in [0.05, 0.1) is 6.26 Å². The summed E-state index contributed by atoms with van der Waals surface area (Å²) in [6.07, 6.45) is 5.71. The fraction of sp³-hybridized carbons (Fsp3) is 0.632. The molecule has 0 aliphatic heterocycles. The molecule has 7 heteroatoms. The molecule has 0 bridgehead atoms. The average molecular weight is 381 g/mol. The zero-order valence-electron chi connectivity index (χ0n) is 16.2. The molecule has 146 valence electrons. The Morgan fingerprint density at radius 1 is 1.15 bits per heavy atom. The van der Waals surface area contributed by atoms with Crippen LogP contribution in [0.4, 0.5) is 0 Å². The number of guanidine groups is 1. The van der Waals surface area contributed by atoms with Crippen LogP contribution in [0, 0.1) is 0 Å². The van der Waals surface area contributed by atoms with Gasteiger partial charge in [0.2, 0.25) is 10.0 Å². The van der Waals surface area contributed by atoms with E-state index in [-0.39, 0.29) is 0 Å². The van der Waals surface area contributed by atoms with Crippen LogP contribution in [0.25, 0.3) is 0 Å². The van der Waals surface area contributed by atoms with Gasteiger partial charge < -0.3 is 10.6 Å². The molecule has 1 aliphatic carbocycles. The van der Waals surface area contributed by atoms with Crippen LogP contribution < -0.4 is 15.4 Å². The minimum absolute atomic E-state index is 0.396. The van der Waals surface area contributed by atoms with E-state index >= 15 is 0 Å². The Kier molecular flexibility index (Phi) is 7.06. The molecular formula is C19H32N4O2S. The van der Waals surface area contributed by atoms with E-state index in [4.69, 9.17) is 0 Å². The molecule has 3 N–H and O–H groups in total. The summed E-state index contributed by atoms with van der Waals surface area (Å²) in [7, 11) is -1.51. The molecule has 0 spiro atoms. The fourth-order valence-electron chi connectivity index (χ4n) is 3.53. The molecule has 0 aromatic heterocycles. The van der Waals surface area contributed by atoms with Gasteiger partial charge in [0.25, 0.3) is 0 Å². The molecule has 6 nitrogen and oxygen atoms in total. The summed E-state index contributed by atoms with van der Waals surface area (Å²) < 4.78 is 25.5. The van der Waals surface area contributed by atoms with Crippen molar-refractivity contribution in [2.75, 3.05) is 19.8 Å². The van der Waals surface area contributed by atoms with E-state index in [1.54, 1.807) is 7.05 Å². The minimum atomic E-state index is -3.25. The topological polar surface area (TPSA) is 82.6 Å². The Morgan fingerprint density at radius 2 is 1.77 bits per heavy atom. The molecule has 1 aliphatic rings. The smallest absolute Gasteiger partial charge is 0.209 e. The van der Waals surface area contributed by atoms with Crippen molar-refractivity contribution in [3.8, 4) is 0 Å². The SMILES string of the molecule is CN=C(NCC(C)(C)NS(C)(=O)=O)NC1CCC(c2ccccc2)CC1. The van der Waals surface area contributed by atoms with Crippen LogP contribution in [0.3, 0.4) is 0 Å². The number of hydrogen-bond donors (Lipinski definition) is 3. The van der Waals surface area contributed by atoms with E-state index < -0.39 is 15.6 Å². The van der Waals surface area contributed by atoms with Gasteiger partial charge in [-0.25, -0.2) is 13.1 Å². The third kappa shape index (κ3) is 6.96. The van der Waals surface area contributed by atoms with Crippen LogP contribution in [0.5, 0.6) is 0 Å². The van der Waals surface area contributed by atoms with Crippen molar-refractivity contribution in [3.63, 3.8) is 0 Å². The first kappa shape index (κ1) is 20.7. The molecule has 0 heterocycles. The lowest BCUT2D eigenvalue weighted by Crippen LogP contribution is -2.54. The van der Waals surface area contributed by atoms with Gasteiger partial charge >= 0.3 is 0 Å². The molecule has 0 amide bonds. The first-order valence-electron chi connectivity index (χ1n) is 9.19.